The number of aromatic nitrogens is 2. The molecule has 6 heteroatoms. The first-order chi connectivity index (χ1) is 11.1. The second-order valence-electron chi connectivity index (χ2n) is 5.95. The molecule has 0 radical (unpaired) electrons. The van der Waals surface area contributed by atoms with E-state index in [0.717, 1.165) is 42.2 Å². The standard InChI is InChI=1S/C17H20N2O3S/c1-11-9-14(12(2)19(11)17-18-7-8-23-17)15(20)10-22-16(21)13-5-3-4-6-13/h7-9,13H,3-6,10H2,1-2H3. The molecule has 2 aromatic rings. The van der Waals surface area contributed by atoms with Gasteiger partial charge in [-0.15, -0.1) is 11.3 Å². The molecule has 5 nitrogen and oxygen atoms in total. The number of ketones is 1. The number of thiazole rings is 1. The lowest BCUT2D eigenvalue weighted by atomic mass is 10.1. The Morgan fingerprint density at radius 3 is 2.74 bits per heavy atom. The van der Waals surface area contributed by atoms with E-state index in [4.69, 9.17) is 4.74 Å². The molecular weight excluding hydrogens is 312 g/mol. The number of hydrogen-bond acceptors (Lipinski definition) is 5. The molecule has 2 heterocycles. The lowest BCUT2D eigenvalue weighted by Crippen LogP contribution is -2.19. The number of nitrogens with zero attached hydrogens (tertiary/aromatic N) is 2. The second kappa shape index (κ2) is 6.66. The Morgan fingerprint density at radius 2 is 2.09 bits per heavy atom. The van der Waals surface area contributed by atoms with E-state index < -0.39 is 0 Å². The quantitative estimate of drug-likeness (QED) is 0.621. The lowest BCUT2D eigenvalue weighted by molar-refractivity contribution is -0.147. The fourth-order valence-electron chi connectivity index (χ4n) is 3.16. The van der Waals surface area contributed by atoms with Crippen molar-refractivity contribution in [1.29, 1.82) is 0 Å². The third kappa shape index (κ3) is 3.22. The van der Waals surface area contributed by atoms with Gasteiger partial charge in [0, 0.05) is 28.5 Å². The first kappa shape index (κ1) is 15.9. The van der Waals surface area contributed by atoms with E-state index in [1.54, 1.807) is 6.20 Å². The zero-order valence-corrected chi connectivity index (χ0v) is 14.2. The molecule has 1 fully saturated rings. The smallest absolute Gasteiger partial charge is 0.309 e. The van der Waals surface area contributed by atoms with Crippen LogP contribution in [0.2, 0.25) is 0 Å². The van der Waals surface area contributed by atoms with Crippen molar-refractivity contribution in [3.05, 3.63) is 34.6 Å². The summed E-state index contributed by atoms with van der Waals surface area (Å²) in [4.78, 5) is 28.6. The predicted molar refractivity (Wildman–Crippen MR) is 88.2 cm³/mol. The highest BCUT2D eigenvalue weighted by Gasteiger charge is 2.25. The van der Waals surface area contributed by atoms with Crippen LogP contribution in [-0.4, -0.2) is 27.9 Å². The Labute approximate surface area is 139 Å². The molecule has 2 aromatic heterocycles. The van der Waals surface area contributed by atoms with Crippen LogP contribution in [0.3, 0.4) is 0 Å². The summed E-state index contributed by atoms with van der Waals surface area (Å²) < 4.78 is 7.18. The Balaban J connectivity index is 1.70. The Hall–Kier alpha value is -1.95. The molecule has 3 rings (SSSR count). The van der Waals surface area contributed by atoms with E-state index in [1.165, 1.54) is 11.3 Å². The van der Waals surface area contributed by atoms with E-state index in [9.17, 15) is 9.59 Å². The number of carbonyl (C=O) groups excluding carboxylic acids is 2. The molecule has 0 bridgehead atoms. The Bertz CT molecular complexity index is 713. The molecule has 0 aromatic carbocycles. The summed E-state index contributed by atoms with van der Waals surface area (Å²) in [5.74, 6) is -0.414. The van der Waals surface area contributed by atoms with Crippen LogP contribution >= 0.6 is 11.3 Å². The highest BCUT2D eigenvalue weighted by molar-refractivity contribution is 7.12. The van der Waals surface area contributed by atoms with Gasteiger partial charge in [-0.1, -0.05) is 12.8 Å². The number of esters is 1. The maximum Gasteiger partial charge on any atom is 0.309 e. The van der Waals surface area contributed by atoms with Crippen molar-refractivity contribution >= 4 is 23.1 Å². The summed E-state index contributed by atoms with van der Waals surface area (Å²) >= 11 is 1.52. The van der Waals surface area contributed by atoms with Crippen molar-refractivity contribution in [2.24, 2.45) is 5.92 Å². The van der Waals surface area contributed by atoms with Gasteiger partial charge < -0.3 is 4.74 Å². The van der Waals surface area contributed by atoms with Gasteiger partial charge in [0.15, 0.2) is 11.7 Å². The van der Waals surface area contributed by atoms with Gasteiger partial charge in [0.25, 0.3) is 0 Å². The van der Waals surface area contributed by atoms with E-state index in [-0.39, 0.29) is 24.3 Å². The molecular formula is C17H20N2O3S. The Kier molecular flexibility index (Phi) is 4.61. The zero-order valence-electron chi connectivity index (χ0n) is 13.4. The van der Waals surface area contributed by atoms with Crippen LogP contribution in [0.5, 0.6) is 0 Å². The molecule has 0 N–H and O–H groups in total. The zero-order chi connectivity index (χ0) is 16.4. The van der Waals surface area contributed by atoms with Crippen LogP contribution in [0.1, 0.15) is 47.4 Å². The first-order valence-electron chi connectivity index (χ1n) is 7.86. The molecule has 1 aliphatic rings. The van der Waals surface area contributed by atoms with Gasteiger partial charge in [0.2, 0.25) is 5.78 Å². The largest absolute Gasteiger partial charge is 0.457 e. The fraction of sp³-hybridized carbons (Fsp3) is 0.471. The van der Waals surface area contributed by atoms with Crippen LogP contribution in [0.25, 0.3) is 5.13 Å². The predicted octanol–water partition coefficient (Wildman–Crippen LogP) is 3.47. The van der Waals surface area contributed by atoms with Gasteiger partial charge in [-0.05, 0) is 32.8 Å². The summed E-state index contributed by atoms with van der Waals surface area (Å²) in [5.41, 5.74) is 2.37. The molecule has 0 unspecified atom stereocenters. The van der Waals surface area contributed by atoms with E-state index in [2.05, 4.69) is 4.98 Å². The minimum absolute atomic E-state index is 0.0226. The van der Waals surface area contributed by atoms with E-state index in [1.807, 2.05) is 29.9 Å². The summed E-state index contributed by atoms with van der Waals surface area (Å²) in [7, 11) is 0. The highest BCUT2D eigenvalue weighted by Crippen LogP contribution is 2.26. The molecule has 23 heavy (non-hydrogen) atoms. The number of ether oxygens (including phenoxy) is 1. The molecule has 0 saturated heterocycles. The van der Waals surface area contributed by atoms with Crippen LogP contribution in [0, 0.1) is 19.8 Å². The maximum absolute atomic E-state index is 12.4. The van der Waals surface area contributed by atoms with Crippen molar-refractivity contribution in [2.45, 2.75) is 39.5 Å². The summed E-state index contributed by atoms with van der Waals surface area (Å²) in [5, 5.41) is 2.74. The number of aryl methyl sites for hydroxylation is 1. The number of Topliss-reactive ketones (excluding diaryl/α,β-unsaturated/α-hetero) is 1. The molecule has 1 aliphatic carbocycles. The minimum Gasteiger partial charge on any atom is -0.457 e. The Morgan fingerprint density at radius 1 is 1.35 bits per heavy atom. The highest BCUT2D eigenvalue weighted by atomic mass is 32.1. The topological polar surface area (TPSA) is 61.2 Å². The van der Waals surface area contributed by atoms with Gasteiger partial charge >= 0.3 is 5.97 Å². The minimum atomic E-state index is -0.232. The van der Waals surface area contributed by atoms with E-state index >= 15 is 0 Å². The van der Waals surface area contributed by atoms with Crippen LogP contribution in [-0.2, 0) is 9.53 Å². The van der Waals surface area contributed by atoms with Gasteiger partial charge in [0.1, 0.15) is 0 Å². The maximum atomic E-state index is 12.4. The summed E-state index contributed by atoms with van der Waals surface area (Å²) in [6, 6.07) is 1.84. The summed E-state index contributed by atoms with van der Waals surface area (Å²) in [6.45, 7) is 3.65. The number of carbonyl (C=O) groups is 2. The number of hydrogen-bond donors (Lipinski definition) is 0. The number of rotatable bonds is 5. The van der Waals surface area contributed by atoms with Crippen LogP contribution in [0.15, 0.2) is 17.6 Å². The van der Waals surface area contributed by atoms with Crippen molar-refractivity contribution in [1.82, 2.24) is 9.55 Å². The van der Waals surface area contributed by atoms with E-state index in [0.29, 0.717) is 5.56 Å². The van der Waals surface area contributed by atoms with Gasteiger partial charge in [-0.25, -0.2) is 4.98 Å². The monoisotopic (exact) mass is 332 g/mol. The molecule has 0 spiro atoms. The average molecular weight is 332 g/mol. The molecule has 0 amide bonds. The average Bonchev–Trinajstić information content (AvgIpc) is 3.25. The lowest BCUT2D eigenvalue weighted by Gasteiger charge is -2.09. The van der Waals surface area contributed by atoms with Gasteiger partial charge in [-0.2, -0.15) is 0 Å². The molecule has 1 saturated carbocycles. The summed E-state index contributed by atoms with van der Waals surface area (Å²) in [6.07, 6.45) is 5.65. The third-order valence-corrected chi connectivity index (χ3v) is 5.13. The van der Waals surface area contributed by atoms with Gasteiger partial charge in [0.05, 0.1) is 5.92 Å². The molecule has 122 valence electrons. The van der Waals surface area contributed by atoms with Crippen molar-refractivity contribution in [2.75, 3.05) is 6.61 Å². The van der Waals surface area contributed by atoms with Crippen molar-refractivity contribution < 1.29 is 14.3 Å². The third-order valence-electron chi connectivity index (χ3n) is 4.38. The van der Waals surface area contributed by atoms with Crippen LogP contribution in [0.4, 0.5) is 0 Å². The van der Waals surface area contributed by atoms with Gasteiger partial charge in [-0.3, -0.25) is 14.2 Å². The van der Waals surface area contributed by atoms with Crippen molar-refractivity contribution in [3.63, 3.8) is 0 Å². The first-order valence-corrected chi connectivity index (χ1v) is 8.74. The normalized spacial score (nSPS) is 15.0. The SMILES string of the molecule is Cc1cc(C(=O)COC(=O)C2CCCC2)c(C)n1-c1nccs1. The molecule has 0 aliphatic heterocycles. The fourth-order valence-corrected chi connectivity index (χ4v) is 3.91. The second-order valence-corrected chi connectivity index (χ2v) is 6.82. The van der Waals surface area contributed by atoms with Crippen molar-refractivity contribution in [3.8, 4) is 5.13 Å². The van der Waals surface area contributed by atoms with Crippen LogP contribution < -0.4 is 0 Å². The molecule has 0 atom stereocenters.